The van der Waals surface area contributed by atoms with E-state index in [4.69, 9.17) is 10.5 Å². The standard InChI is InChI=1S/C7H16N2O2/c1-5(4-8)9-7(10)6(2)11-3/h5-6H,4,8H2,1-3H3,(H,9,10)/t5-,6?/m0/s1. The Morgan fingerprint density at radius 1 is 1.64 bits per heavy atom. The van der Waals surface area contributed by atoms with Crippen molar-refractivity contribution < 1.29 is 9.53 Å². The molecule has 0 saturated carbocycles. The molecule has 0 fully saturated rings. The van der Waals surface area contributed by atoms with Crippen LogP contribution in [0.2, 0.25) is 0 Å². The van der Waals surface area contributed by atoms with Gasteiger partial charge in [-0.3, -0.25) is 4.79 Å². The number of methoxy groups -OCH3 is 1. The first kappa shape index (κ1) is 10.4. The quantitative estimate of drug-likeness (QED) is 0.582. The molecule has 0 aliphatic carbocycles. The Bertz CT molecular complexity index is 128. The van der Waals surface area contributed by atoms with E-state index in [9.17, 15) is 4.79 Å². The number of hydrogen-bond donors (Lipinski definition) is 2. The van der Waals surface area contributed by atoms with E-state index in [0.29, 0.717) is 6.54 Å². The highest BCUT2D eigenvalue weighted by molar-refractivity contribution is 5.80. The van der Waals surface area contributed by atoms with Crippen LogP contribution >= 0.6 is 0 Å². The van der Waals surface area contributed by atoms with Crippen LogP contribution in [-0.2, 0) is 9.53 Å². The molecular weight excluding hydrogens is 144 g/mol. The second kappa shape index (κ2) is 5.09. The summed E-state index contributed by atoms with van der Waals surface area (Å²) >= 11 is 0. The summed E-state index contributed by atoms with van der Waals surface area (Å²) in [4.78, 5) is 11.1. The van der Waals surface area contributed by atoms with Crippen molar-refractivity contribution in [3.8, 4) is 0 Å². The molecule has 0 aliphatic rings. The van der Waals surface area contributed by atoms with Gasteiger partial charge in [0.2, 0.25) is 5.91 Å². The maximum absolute atomic E-state index is 11.1. The Morgan fingerprint density at radius 3 is 2.55 bits per heavy atom. The minimum absolute atomic E-state index is 0.0140. The molecule has 66 valence electrons. The van der Waals surface area contributed by atoms with Crippen molar-refractivity contribution in [3.63, 3.8) is 0 Å². The minimum Gasteiger partial charge on any atom is -0.372 e. The van der Waals surface area contributed by atoms with Crippen LogP contribution in [0.4, 0.5) is 0 Å². The third-order valence-electron chi connectivity index (χ3n) is 1.46. The van der Waals surface area contributed by atoms with Gasteiger partial charge < -0.3 is 15.8 Å². The number of rotatable bonds is 4. The van der Waals surface area contributed by atoms with Crippen LogP contribution in [0.15, 0.2) is 0 Å². The number of ether oxygens (including phenoxy) is 1. The van der Waals surface area contributed by atoms with E-state index in [2.05, 4.69) is 5.32 Å². The third kappa shape index (κ3) is 3.95. The number of hydrogen-bond acceptors (Lipinski definition) is 3. The van der Waals surface area contributed by atoms with Gasteiger partial charge in [-0.1, -0.05) is 0 Å². The van der Waals surface area contributed by atoms with Gasteiger partial charge in [-0.05, 0) is 13.8 Å². The highest BCUT2D eigenvalue weighted by atomic mass is 16.5. The first-order valence-electron chi connectivity index (χ1n) is 3.65. The Labute approximate surface area is 67.1 Å². The van der Waals surface area contributed by atoms with Crippen molar-refractivity contribution in [1.82, 2.24) is 5.32 Å². The normalized spacial score (nSPS) is 15.6. The van der Waals surface area contributed by atoms with Crippen LogP contribution in [-0.4, -0.2) is 31.7 Å². The molecule has 0 rings (SSSR count). The zero-order chi connectivity index (χ0) is 8.85. The molecule has 0 aromatic heterocycles. The maximum Gasteiger partial charge on any atom is 0.249 e. The van der Waals surface area contributed by atoms with Crippen LogP contribution in [0.5, 0.6) is 0 Å². The smallest absolute Gasteiger partial charge is 0.249 e. The highest BCUT2D eigenvalue weighted by Crippen LogP contribution is 1.88. The molecule has 11 heavy (non-hydrogen) atoms. The molecule has 0 bridgehead atoms. The lowest BCUT2D eigenvalue weighted by atomic mass is 10.3. The Hall–Kier alpha value is -0.610. The number of carbonyl (C=O) groups excluding carboxylic acids is 1. The zero-order valence-corrected chi connectivity index (χ0v) is 7.26. The molecule has 0 spiro atoms. The lowest BCUT2D eigenvalue weighted by Crippen LogP contribution is -2.42. The van der Waals surface area contributed by atoms with Crippen LogP contribution < -0.4 is 11.1 Å². The Kier molecular flexibility index (Phi) is 4.81. The molecule has 0 aromatic carbocycles. The molecule has 0 aromatic rings. The summed E-state index contributed by atoms with van der Waals surface area (Å²) in [5.74, 6) is -0.120. The van der Waals surface area contributed by atoms with Gasteiger partial charge in [0.15, 0.2) is 0 Å². The van der Waals surface area contributed by atoms with E-state index in [1.807, 2.05) is 6.92 Å². The summed E-state index contributed by atoms with van der Waals surface area (Å²) in [6.45, 7) is 3.99. The predicted molar refractivity (Wildman–Crippen MR) is 43.1 cm³/mol. The van der Waals surface area contributed by atoms with Crippen molar-refractivity contribution in [2.45, 2.75) is 26.0 Å². The third-order valence-corrected chi connectivity index (χ3v) is 1.46. The van der Waals surface area contributed by atoms with Crippen LogP contribution in [0.3, 0.4) is 0 Å². The number of carbonyl (C=O) groups is 1. The van der Waals surface area contributed by atoms with Crippen molar-refractivity contribution in [3.05, 3.63) is 0 Å². The molecule has 1 unspecified atom stereocenters. The van der Waals surface area contributed by atoms with Crippen LogP contribution in [0.25, 0.3) is 0 Å². The van der Waals surface area contributed by atoms with Crippen molar-refractivity contribution in [2.75, 3.05) is 13.7 Å². The van der Waals surface area contributed by atoms with Crippen LogP contribution in [0, 0.1) is 0 Å². The lowest BCUT2D eigenvalue weighted by molar-refractivity contribution is -0.130. The summed E-state index contributed by atoms with van der Waals surface area (Å²) in [6, 6.07) is 0.0140. The summed E-state index contributed by atoms with van der Waals surface area (Å²) in [7, 11) is 1.50. The van der Waals surface area contributed by atoms with Gasteiger partial charge in [-0.2, -0.15) is 0 Å². The van der Waals surface area contributed by atoms with Gasteiger partial charge in [-0.15, -0.1) is 0 Å². The van der Waals surface area contributed by atoms with Crippen molar-refractivity contribution >= 4 is 5.91 Å². The Balaban J connectivity index is 3.68. The molecule has 0 aliphatic heterocycles. The highest BCUT2D eigenvalue weighted by Gasteiger charge is 2.12. The van der Waals surface area contributed by atoms with Gasteiger partial charge in [0.05, 0.1) is 0 Å². The van der Waals surface area contributed by atoms with Gasteiger partial charge in [0.25, 0.3) is 0 Å². The monoisotopic (exact) mass is 160 g/mol. The molecule has 2 atom stereocenters. The zero-order valence-electron chi connectivity index (χ0n) is 7.26. The first-order valence-corrected chi connectivity index (χ1v) is 3.65. The van der Waals surface area contributed by atoms with E-state index < -0.39 is 6.10 Å². The average Bonchev–Trinajstić information content (AvgIpc) is 2.02. The predicted octanol–water partition coefficient (Wildman–Crippen LogP) is -0.515. The number of nitrogens with one attached hydrogen (secondary N) is 1. The summed E-state index contributed by atoms with van der Waals surface area (Å²) in [6.07, 6.45) is -0.399. The van der Waals surface area contributed by atoms with E-state index in [1.165, 1.54) is 7.11 Å². The Morgan fingerprint density at radius 2 is 2.18 bits per heavy atom. The minimum atomic E-state index is -0.399. The molecule has 0 radical (unpaired) electrons. The van der Waals surface area contributed by atoms with E-state index in [0.717, 1.165) is 0 Å². The van der Waals surface area contributed by atoms with Gasteiger partial charge in [0.1, 0.15) is 6.10 Å². The summed E-state index contributed by atoms with van der Waals surface area (Å²) < 4.78 is 4.80. The largest absolute Gasteiger partial charge is 0.372 e. The van der Waals surface area contributed by atoms with E-state index in [1.54, 1.807) is 6.92 Å². The number of nitrogens with two attached hydrogens (primary N) is 1. The summed E-state index contributed by atoms with van der Waals surface area (Å²) in [5.41, 5.74) is 5.31. The van der Waals surface area contributed by atoms with E-state index in [-0.39, 0.29) is 11.9 Å². The SMILES string of the molecule is COC(C)C(=O)N[C@@H](C)CN. The van der Waals surface area contributed by atoms with Gasteiger partial charge in [0, 0.05) is 19.7 Å². The van der Waals surface area contributed by atoms with Gasteiger partial charge in [-0.25, -0.2) is 0 Å². The molecule has 0 saturated heterocycles. The van der Waals surface area contributed by atoms with Crippen LogP contribution in [0.1, 0.15) is 13.8 Å². The van der Waals surface area contributed by atoms with Gasteiger partial charge >= 0.3 is 0 Å². The molecule has 1 amide bonds. The first-order chi connectivity index (χ1) is 5.11. The average molecular weight is 160 g/mol. The van der Waals surface area contributed by atoms with Crippen molar-refractivity contribution in [1.29, 1.82) is 0 Å². The topological polar surface area (TPSA) is 64.3 Å². The molecule has 3 N–H and O–H groups in total. The summed E-state index contributed by atoms with van der Waals surface area (Å²) in [5, 5.41) is 2.69. The van der Waals surface area contributed by atoms with Crippen molar-refractivity contribution in [2.24, 2.45) is 5.73 Å². The van der Waals surface area contributed by atoms with E-state index >= 15 is 0 Å². The fourth-order valence-electron chi connectivity index (χ4n) is 0.526. The molecule has 4 heteroatoms. The fourth-order valence-corrected chi connectivity index (χ4v) is 0.526. The molecule has 4 nitrogen and oxygen atoms in total. The lowest BCUT2D eigenvalue weighted by Gasteiger charge is -2.14. The maximum atomic E-state index is 11.1. The molecular formula is C7H16N2O2. The number of amides is 1. The fraction of sp³-hybridized carbons (Fsp3) is 0.857. The second-order valence-electron chi connectivity index (χ2n) is 2.52. The second-order valence-corrected chi connectivity index (χ2v) is 2.52. The molecule has 0 heterocycles.